The smallest absolute Gasteiger partial charge is 0.258 e. The number of carbonyl (C=O) groups excluding carboxylic acids is 1. The first-order valence-electron chi connectivity index (χ1n) is 5.45. The fourth-order valence-corrected chi connectivity index (χ4v) is 1.70. The zero-order valence-electron chi connectivity index (χ0n) is 10.4. The summed E-state index contributed by atoms with van der Waals surface area (Å²) >= 11 is 5.90. The molecule has 0 unspecified atom stereocenters. The van der Waals surface area contributed by atoms with Crippen LogP contribution >= 0.6 is 11.6 Å². The molecule has 0 saturated heterocycles. The van der Waals surface area contributed by atoms with Gasteiger partial charge in [-0.1, -0.05) is 11.6 Å². The third kappa shape index (κ3) is 2.83. The molecule has 19 heavy (non-hydrogen) atoms. The molecule has 100 valence electrons. The Labute approximate surface area is 114 Å². The highest BCUT2D eigenvalue weighted by molar-refractivity contribution is 6.33. The fourth-order valence-electron chi connectivity index (χ4n) is 1.48. The molecule has 2 aromatic rings. The number of amides is 1. The quantitative estimate of drug-likeness (QED) is 0.582. The molecular weight excluding hydrogens is 268 g/mol. The number of aromatic nitrogens is 3. The Kier molecular flexibility index (Phi) is 3.68. The summed E-state index contributed by atoms with van der Waals surface area (Å²) in [5.74, 6) is 5.66. The lowest BCUT2D eigenvalue weighted by atomic mass is 10.2. The summed E-state index contributed by atoms with van der Waals surface area (Å²) in [6.45, 7) is 1.89. The van der Waals surface area contributed by atoms with Crippen molar-refractivity contribution in [1.82, 2.24) is 14.8 Å². The van der Waals surface area contributed by atoms with Crippen LogP contribution in [0, 0.1) is 6.92 Å². The van der Waals surface area contributed by atoms with Crippen molar-refractivity contribution in [2.45, 2.75) is 6.92 Å². The molecule has 7 nitrogen and oxygen atoms in total. The van der Waals surface area contributed by atoms with Crippen LogP contribution in [-0.2, 0) is 7.05 Å². The fraction of sp³-hybridized carbons (Fsp3) is 0.182. The van der Waals surface area contributed by atoms with Gasteiger partial charge in [-0.2, -0.15) is 5.10 Å². The highest BCUT2D eigenvalue weighted by Gasteiger charge is 2.11. The normalized spacial score (nSPS) is 10.3. The number of anilines is 2. The minimum absolute atomic E-state index is 0.271. The summed E-state index contributed by atoms with van der Waals surface area (Å²) in [5, 5.41) is 7.06. The van der Waals surface area contributed by atoms with E-state index in [1.54, 1.807) is 17.8 Å². The van der Waals surface area contributed by atoms with E-state index in [0.717, 1.165) is 5.69 Å². The molecule has 0 atom stereocenters. The second-order valence-corrected chi connectivity index (χ2v) is 4.35. The van der Waals surface area contributed by atoms with Crippen LogP contribution in [0.2, 0.25) is 5.02 Å². The van der Waals surface area contributed by atoms with E-state index in [0.29, 0.717) is 17.2 Å². The van der Waals surface area contributed by atoms with Gasteiger partial charge in [0.25, 0.3) is 5.91 Å². The van der Waals surface area contributed by atoms with Crippen LogP contribution in [0.5, 0.6) is 0 Å². The van der Waals surface area contributed by atoms with Crippen LogP contribution in [0.15, 0.2) is 18.3 Å². The molecule has 1 amide bonds. The van der Waals surface area contributed by atoms with Crippen molar-refractivity contribution in [2.75, 3.05) is 10.7 Å². The molecule has 2 heterocycles. The highest BCUT2D eigenvalue weighted by atomic mass is 35.5. The molecule has 0 aliphatic carbocycles. The summed E-state index contributed by atoms with van der Waals surface area (Å²) < 4.78 is 1.67. The van der Waals surface area contributed by atoms with Crippen LogP contribution in [0.1, 0.15) is 16.1 Å². The second kappa shape index (κ2) is 5.25. The molecule has 0 aromatic carbocycles. The molecule has 0 radical (unpaired) electrons. The Hall–Kier alpha value is -2.12. The number of pyridine rings is 1. The number of carbonyl (C=O) groups is 1. The maximum absolute atomic E-state index is 12.0. The first kappa shape index (κ1) is 13.3. The Balaban J connectivity index is 2.18. The predicted molar refractivity (Wildman–Crippen MR) is 73.0 cm³/mol. The number of hydrogen-bond donors (Lipinski definition) is 3. The summed E-state index contributed by atoms with van der Waals surface area (Å²) in [6, 6.07) is 3.25. The van der Waals surface area contributed by atoms with Crippen LogP contribution in [0.4, 0.5) is 11.6 Å². The third-order valence-corrected chi connectivity index (χ3v) is 2.88. The highest BCUT2D eigenvalue weighted by Crippen LogP contribution is 2.19. The number of halogens is 1. The molecule has 0 fully saturated rings. The molecule has 0 spiro atoms. The van der Waals surface area contributed by atoms with Crippen molar-refractivity contribution in [3.05, 3.63) is 34.6 Å². The number of hydrazine groups is 1. The van der Waals surface area contributed by atoms with Gasteiger partial charge in [0.15, 0.2) is 11.6 Å². The summed E-state index contributed by atoms with van der Waals surface area (Å²) in [5.41, 5.74) is 3.60. The van der Waals surface area contributed by atoms with E-state index in [1.807, 2.05) is 6.92 Å². The van der Waals surface area contributed by atoms with E-state index < -0.39 is 0 Å². The van der Waals surface area contributed by atoms with Gasteiger partial charge in [-0.05, 0) is 13.0 Å². The van der Waals surface area contributed by atoms with E-state index in [2.05, 4.69) is 20.8 Å². The van der Waals surface area contributed by atoms with E-state index in [-0.39, 0.29) is 10.9 Å². The van der Waals surface area contributed by atoms with E-state index in [1.165, 1.54) is 12.3 Å². The number of nitrogens with two attached hydrogens (primary N) is 1. The molecule has 0 aliphatic rings. The topological polar surface area (TPSA) is 97.9 Å². The molecule has 0 aliphatic heterocycles. The van der Waals surface area contributed by atoms with Crippen molar-refractivity contribution in [3.8, 4) is 0 Å². The van der Waals surface area contributed by atoms with Gasteiger partial charge >= 0.3 is 0 Å². The van der Waals surface area contributed by atoms with Crippen LogP contribution in [0.3, 0.4) is 0 Å². The first-order valence-corrected chi connectivity index (χ1v) is 5.83. The zero-order chi connectivity index (χ0) is 14.0. The molecule has 0 bridgehead atoms. The first-order chi connectivity index (χ1) is 9.01. The van der Waals surface area contributed by atoms with Crippen molar-refractivity contribution in [1.29, 1.82) is 0 Å². The zero-order valence-corrected chi connectivity index (χ0v) is 11.2. The maximum Gasteiger partial charge on any atom is 0.258 e. The Morgan fingerprint density at radius 3 is 2.74 bits per heavy atom. The molecule has 0 saturated carbocycles. The van der Waals surface area contributed by atoms with Gasteiger partial charge in [0.2, 0.25) is 0 Å². The third-order valence-electron chi connectivity index (χ3n) is 2.60. The van der Waals surface area contributed by atoms with Gasteiger partial charge in [-0.3, -0.25) is 9.48 Å². The largest absolute Gasteiger partial charge is 0.307 e. The van der Waals surface area contributed by atoms with E-state index in [4.69, 9.17) is 17.4 Å². The monoisotopic (exact) mass is 280 g/mol. The van der Waals surface area contributed by atoms with E-state index in [9.17, 15) is 4.79 Å². The van der Waals surface area contributed by atoms with Gasteiger partial charge in [-0.15, -0.1) is 0 Å². The number of rotatable bonds is 3. The van der Waals surface area contributed by atoms with Crippen LogP contribution < -0.4 is 16.6 Å². The molecule has 2 aromatic heterocycles. The van der Waals surface area contributed by atoms with Gasteiger partial charge in [0.05, 0.1) is 10.6 Å². The van der Waals surface area contributed by atoms with Crippen molar-refractivity contribution < 1.29 is 4.79 Å². The lowest BCUT2D eigenvalue weighted by molar-refractivity contribution is 0.102. The van der Waals surface area contributed by atoms with Crippen molar-refractivity contribution >= 4 is 29.1 Å². The lowest BCUT2D eigenvalue weighted by Crippen LogP contribution is -2.14. The number of nitrogen functional groups attached to an aromatic ring is 1. The Morgan fingerprint density at radius 1 is 1.47 bits per heavy atom. The minimum Gasteiger partial charge on any atom is -0.307 e. The van der Waals surface area contributed by atoms with Crippen molar-refractivity contribution in [3.63, 3.8) is 0 Å². The Morgan fingerprint density at radius 2 is 2.21 bits per heavy atom. The number of nitrogens with one attached hydrogen (secondary N) is 2. The summed E-state index contributed by atoms with van der Waals surface area (Å²) in [6.07, 6.45) is 1.38. The standard InChI is InChI=1S/C11H13ClN6O/c1-6-3-9(17-18(6)2)15-11(19)7-4-8(12)10(16-13)14-5-7/h3-5H,13H2,1-2H3,(H,14,16)(H,15,17,19). The van der Waals surface area contributed by atoms with Gasteiger partial charge in [-0.25, -0.2) is 10.8 Å². The number of hydrogen-bond acceptors (Lipinski definition) is 5. The second-order valence-electron chi connectivity index (χ2n) is 3.95. The SMILES string of the molecule is Cc1cc(NC(=O)c2cnc(NN)c(Cl)c2)nn1C. The average Bonchev–Trinajstić information content (AvgIpc) is 2.68. The van der Waals surface area contributed by atoms with Gasteiger partial charge in [0.1, 0.15) is 0 Å². The average molecular weight is 281 g/mol. The molecular formula is C11H13ClN6O. The summed E-state index contributed by atoms with van der Waals surface area (Å²) in [7, 11) is 1.80. The number of aryl methyl sites for hydroxylation is 2. The van der Waals surface area contributed by atoms with Gasteiger partial charge in [0, 0.05) is 25.0 Å². The van der Waals surface area contributed by atoms with E-state index >= 15 is 0 Å². The molecule has 2 rings (SSSR count). The molecule has 4 N–H and O–H groups in total. The maximum atomic E-state index is 12.0. The predicted octanol–water partition coefficient (Wildman–Crippen LogP) is 1.31. The Bertz CT molecular complexity index is 604. The van der Waals surface area contributed by atoms with Crippen molar-refractivity contribution in [2.24, 2.45) is 12.9 Å². The van der Waals surface area contributed by atoms with Gasteiger partial charge < -0.3 is 10.7 Å². The molecule has 8 heteroatoms. The lowest BCUT2D eigenvalue weighted by Gasteiger charge is -2.05. The minimum atomic E-state index is -0.337. The summed E-state index contributed by atoms with van der Waals surface area (Å²) in [4.78, 5) is 15.9. The van der Waals surface area contributed by atoms with Crippen LogP contribution in [0.25, 0.3) is 0 Å². The number of nitrogens with zero attached hydrogens (tertiary/aromatic N) is 3. The van der Waals surface area contributed by atoms with Crippen LogP contribution in [-0.4, -0.2) is 20.7 Å².